The van der Waals surface area contributed by atoms with Crippen molar-refractivity contribution in [2.45, 2.75) is 27.3 Å². The van der Waals surface area contributed by atoms with E-state index in [4.69, 9.17) is 10.5 Å². The van der Waals surface area contributed by atoms with E-state index < -0.39 is 0 Å². The molecule has 4 heteroatoms. The largest absolute Gasteiger partial charge is 0.270 e. The molecule has 0 fully saturated rings. The number of hydrogen-bond acceptors (Lipinski definition) is 3. The lowest BCUT2D eigenvalue weighted by molar-refractivity contribution is 0.294. The Morgan fingerprint density at radius 1 is 1.38 bits per heavy atom. The summed E-state index contributed by atoms with van der Waals surface area (Å²) >= 11 is 0. The van der Waals surface area contributed by atoms with Crippen LogP contribution in [0.3, 0.4) is 0 Å². The topological polar surface area (TPSA) is 65.4 Å². The fourth-order valence-electron chi connectivity index (χ4n) is 1.51. The normalized spacial score (nSPS) is 14.1. The number of nitrogens with zero attached hydrogens (tertiary/aromatic N) is 4. The minimum Gasteiger partial charge on any atom is -0.270 e. The van der Waals surface area contributed by atoms with Crippen LogP contribution in [0.25, 0.3) is 0 Å². The first-order valence-corrected chi connectivity index (χ1v) is 5.40. The highest BCUT2D eigenvalue weighted by atomic mass is 15.3. The van der Waals surface area contributed by atoms with Gasteiger partial charge in [-0.1, -0.05) is 20.8 Å². The van der Waals surface area contributed by atoms with Crippen LogP contribution >= 0.6 is 0 Å². The number of hydrogen-bond donors (Lipinski definition) is 0. The van der Waals surface area contributed by atoms with Gasteiger partial charge in [0, 0.05) is 6.20 Å². The van der Waals surface area contributed by atoms with E-state index in [1.807, 2.05) is 6.07 Å². The van der Waals surface area contributed by atoms with Crippen LogP contribution in [0.5, 0.6) is 0 Å². The lowest BCUT2D eigenvalue weighted by Crippen LogP contribution is -2.21. The van der Waals surface area contributed by atoms with Crippen molar-refractivity contribution in [3.8, 4) is 12.1 Å². The third kappa shape index (κ3) is 2.84. The zero-order valence-electron chi connectivity index (χ0n) is 9.88. The molecule has 0 amide bonds. The molecule has 0 aliphatic carbocycles. The molecule has 2 atom stereocenters. The van der Waals surface area contributed by atoms with Gasteiger partial charge in [-0.15, -0.1) is 0 Å². The SMILES string of the molecule is CC(C)C(C)C(C#N)Cn1cc(C#N)cn1. The maximum Gasteiger partial charge on any atom is 0.102 e. The first-order chi connectivity index (χ1) is 7.58. The summed E-state index contributed by atoms with van der Waals surface area (Å²) in [5.41, 5.74) is 0.536. The van der Waals surface area contributed by atoms with Crippen LogP contribution in [0.4, 0.5) is 0 Å². The maximum absolute atomic E-state index is 9.11. The highest BCUT2D eigenvalue weighted by molar-refractivity contribution is 5.21. The second-order valence-corrected chi connectivity index (χ2v) is 4.40. The molecule has 1 rings (SSSR count). The Kier molecular flexibility index (Phi) is 4.08. The van der Waals surface area contributed by atoms with Crippen molar-refractivity contribution in [2.75, 3.05) is 0 Å². The Labute approximate surface area is 96.1 Å². The van der Waals surface area contributed by atoms with Gasteiger partial charge in [0.15, 0.2) is 0 Å². The van der Waals surface area contributed by atoms with E-state index in [9.17, 15) is 0 Å². The highest BCUT2D eigenvalue weighted by Gasteiger charge is 2.20. The van der Waals surface area contributed by atoms with Gasteiger partial charge in [0.1, 0.15) is 6.07 Å². The average molecular weight is 216 g/mol. The molecule has 1 aromatic heterocycles. The Hall–Kier alpha value is -1.81. The molecular formula is C12H16N4. The molecule has 0 aliphatic heterocycles. The molecule has 1 heterocycles. The van der Waals surface area contributed by atoms with Crippen molar-refractivity contribution >= 4 is 0 Å². The van der Waals surface area contributed by atoms with E-state index >= 15 is 0 Å². The second kappa shape index (κ2) is 5.32. The predicted octanol–water partition coefficient (Wildman–Crippen LogP) is 2.19. The lowest BCUT2D eigenvalue weighted by Gasteiger charge is -2.20. The zero-order chi connectivity index (χ0) is 12.1. The summed E-state index contributed by atoms with van der Waals surface area (Å²) in [4.78, 5) is 0. The molecule has 0 saturated heterocycles. The van der Waals surface area contributed by atoms with Crippen LogP contribution in [-0.4, -0.2) is 9.78 Å². The summed E-state index contributed by atoms with van der Waals surface area (Å²) in [7, 11) is 0. The predicted molar refractivity (Wildman–Crippen MR) is 60.0 cm³/mol. The number of aromatic nitrogens is 2. The minimum absolute atomic E-state index is 0.0635. The van der Waals surface area contributed by atoms with Crippen molar-refractivity contribution in [1.82, 2.24) is 9.78 Å². The third-order valence-electron chi connectivity index (χ3n) is 3.00. The van der Waals surface area contributed by atoms with Crippen LogP contribution < -0.4 is 0 Å². The van der Waals surface area contributed by atoms with Crippen LogP contribution in [0.2, 0.25) is 0 Å². The summed E-state index contributed by atoms with van der Waals surface area (Å²) in [6.07, 6.45) is 3.20. The van der Waals surface area contributed by atoms with Crippen LogP contribution in [0, 0.1) is 40.4 Å². The third-order valence-corrected chi connectivity index (χ3v) is 3.00. The Morgan fingerprint density at radius 3 is 2.50 bits per heavy atom. The fraction of sp³-hybridized carbons (Fsp3) is 0.583. The van der Waals surface area contributed by atoms with E-state index in [1.165, 1.54) is 6.20 Å². The average Bonchev–Trinajstić information content (AvgIpc) is 2.72. The van der Waals surface area contributed by atoms with Gasteiger partial charge in [-0.2, -0.15) is 15.6 Å². The smallest absolute Gasteiger partial charge is 0.102 e. The van der Waals surface area contributed by atoms with Gasteiger partial charge in [0.2, 0.25) is 0 Å². The van der Waals surface area contributed by atoms with Gasteiger partial charge in [-0.05, 0) is 11.8 Å². The van der Waals surface area contributed by atoms with Crippen LogP contribution in [-0.2, 0) is 6.54 Å². The second-order valence-electron chi connectivity index (χ2n) is 4.40. The summed E-state index contributed by atoms with van der Waals surface area (Å²) in [6, 6.07) is 4.34. The van der Waals surface area contributed by atoms with E-state index in [0.717, 1.165) is 0 Å². The van der Waals surface area contributed by atoms with Crippen LogP contribution in [0.1, 0.15) is 26.3 Å². The minimum atomic E-state index is -0.0635. The van der Waals surface area contributed by atoms with Crippen molar-refractivity contribution < 1.29 is 0 Å². The van der Waals surface area contributed by atoms with E-state index in [2.05, 4.69) is 31.9 Å². The van der Waals surface area contributed by atoms with E-state index in [-0.39, 0.29) is 5.92 Å². The maximum atomic E-state index is 9.11. The van der Waals surface area contributed by atoms with Gasteiger partial charge in [0.05, 0.1) is 30.3 Å². The van der Waals surface area contributed by atoms with Gasteiger partial charge >= 0.3 is 0 Å². The fourth-order valence-corrected chi connectivity index (χ4v) is 1.51. The quantitative estimate of drug-likeness (QED) is 0.774. The Bertz CT molecular complexity index is 419. The van der Waals surface area contributed by atoms with Crippen LogP contribution in [0.15, 0.2) is 12.4 Å². The molecule has 0 aromatic carbocycles. The van der Waals surface area contributed by atoms with Crippen molar-refractivity contribution in [3.05, 3.63) is 18.0 Å². The summed E-state index contributed by atoms with van der Waals surface area (Å²) in [5.74, 6) is 0.724. The van der Waals surface area contributed by atoms with E-state index in [1.54, 1.807) is 10.9 Å². The Morgan fingerprint density at radius 2 is 2.06 bits per heavy atom. The molecule has 0 bridgehead atoms. The summed E-state index contributed by atoms with van der Waals surface area (Å²) < 4.78 is 1.67. The number of rotatable bonds is 4. The summed E-state index contributed by atoms with van der Waals surface area (Å²) in [5, 5.41) is 21.8. The highest BCUT2D eigenvalue weighted by Crippen LogP contribution is 2.21. The first-order valence-electron chi connectivity index (χ1n) is 5.40. The molecule has 0 aliphatic rings. The molecule has 0 spiro atoms. The standard InChI is InChI=1S/C12H16N4/c1-9(2)10(3)12(5-14)8-16-7-11(4-13)6-15-16/h6-7,9-10,12H,8H2,1-3H3. The van der Waals surface area contributed by atoms with Crippen molar-refractivity contribution in [1.29, 1.82) is 10.5 Å². The molecule has 2 unspecified atom stereocenters. The molecule has 1 aromatic rings. The molecule has 4 nitrogen and oxygen atoms in total. The van der Waals surface area contributed by atoms with Gasteiger partial charge in [-0.3, -0.25) is 4.68 Å². The molecule has 16 heavy (non-hydrogen) atoms. The molecule has 84 valence electrons. The lowest BCUT2D eigenvalue weighted by atomic mass is 9.86. The number of nitriles is 2. The molecule has 0 N–H and O–H groups in total. The molecule has 0 saturated carbocycles. The monoisotopic (exact) mass is 216 g/mol. The van der Waals surface area contributed by atoms with Crippen molar-refractivity contribution in [2.24, 2.45) is 17.8 Å². The van der Waals surface area contributed by atoms with Gasteiger partial charge < -0.3 is 0 Å². The Balaban J connectivity index is 2.72. The van der Waals surface area contributed by atoms with Crippen molar-refractivity contribution in [3.63, 3.8) is 0 Å². The van der Waals surface area contributed by atoms with Gasteiger partial charge in [-0.25, -0.2) is 0 Å². The zero-order valence-corrected chi connectivity index (χ0v) is 9.88. The van der Waals surface area contributed by atoms with Gasteiger partial charge in [0.25, 0.3) is 0 Å². The summed E-state index contributed by atoms with van der Waals surface area (Å²) in [6.45, 7) is 6.85. The van der Waals surface area contributed by atoms with E-state index in [0.29, 0.717) is 23.9 Å². The first kappa shape index (κ1) is 12.3. The molecule has 0 radical (unpaired) electrons. The molecular weight excluding hydrogens is 200 g/mol.